The van der Waals surface area contributed by atoms with Gasteiger partial charge in [-0.3, -0.25) is 4.79 Å². The van der Waals surface area contributed by atoms with Gasteiger partial charge >= 0.3 is 5.97 Å². The van der Waals surface area contributed by atoms with Gasteiger partial charge in [0.25, 0.3) is 0 Å². The first-order valence-electron chi connectivity index (χ1n) is 6.45. The highest BCUT2D eigenvalue weighted by Gasteiger charge is 2.47. The standard InChI is InChI=1S/C13H23NO3/c1-12(2,3)17-11(15)8-13(16)9-14-6-4-10(13)5-7-14/h10,16H,4-9H2,1-3H3/t13-/m1/s1. The van der Waals surface area contributed by atoms with Crippen LogP contribution in [0.3, 0.4) is 0 Å². The number of fused-ring (bicyclic) bond motifs is 3. The van der Waals surface area contributed by atoms with Crippen LogP contribution in [-0.4, -0.2) is 46.8 Å². The monoisotopic (exact) mass is 241 g/mol. The van der Waals surface area contributed by atoms with Gasteiger partial charge in [-0.25, -0.2) is 0 Å². The highest BCUT2D eigenvalue weighted by atomic mass is 16.6. The van der Waals surface area contributed by atoms with E-state index in [0.29, 0.717) is 6.54 Å². The number of rotatable bonds is 2. The summed E-state index contributed by atoms with van der Waals surface area (Å²) in [4.78, 5) is 14.0. The molecule has 2 bridgehead atoms. The molecule has 3 saturated heterocycles. The first-order valence-corrected chi connectivity index (χ1v) is 6.45. The van der Waals surface area contributed by atoms with Crippen molar-refractivity contribution in [2.75, 3.05) is 19.6 Å². The fourth-order valence-corrected chi connectivity index (χ4v) is 2.97. The zero-order valence-electron chi connectivity index (χ0n) is 11.0. The summed E-state index contributed by atoms with van der Waals surface area (Å²) in [6.45, 7) is 8.29. The Bertz CT molecular complexity index is 302. The van der Waals surface area contributed by atoms with Gasteiger partial charge in [0.15, 0.2) is 0 Å². The van der Waals surface area contributed by atoms with Crippen LogP contribution in [0.25, 0.3) is 0 Å². The third-order valence-electron chi connectivity index (χ3n) is 3.72. The summed E-state index contributed by atoms with van der Waals surface area (Å²) < 4.78 is 5.30. The second-order valence-electron chi connectivity index (χ2n) is 6.42. The number of aliphatic hydroxyl groups is 1. The lowest BCUT2D eigenvalue weighted by molar-refractivity contribution is -0.171. The molecule has 98 valence electrons. The molecule has 3 heterocycles. The zero-order valence-corrected chi connectivity index (χ0v) is 11.0. The molecule has 0 unspecified atom stereocenters. The lowest BCUT2D eigenvalue weighted by Crippen LogP contribution is -2.60. The van der Waals surface area contributed by atoms with Crippen LogP contribution in [0.2, 0.25) is 0 Å². The van der Waals surface area contributed by atoms with E-state index in [-0.39, 0.29) is 18.3 Å². The molecule has 3 aliphatic heterocycles. The number of carbonyl (C=O) groups is 1. The molecule has 0 amide bonds. The Morgan fingerprint density at radius 3 is 2.41 bits per heavy atom. The van der Waals surface area contributed by atoms with Gasteiger partial charge in [-0.1, -0.05) is 0 Å². The Hall–Kier alpha value is -0.610. The Labute approximate surface area is 103 Å². The zero-order chi connectivity index (χ0) is 12.7. The lowest BCUT2D eigenvalue weighted by Gasteiger charge is -2.50. The van der Waals surface area contributed by atoms with Crippen LogP contribution in [0.1, 0.15) is 40.0 Å². The summed E-state index contributed by atoms with van der Waals surface area (Å²) in [6, 6.07) is 0. The second-order valence-corrected chi connectivity index (χ2v) is 6.42. The fraction of sp³-hybridized carbons (Fsp3) is 0.923. The number of nitrogens with zero attached hydrogens (tertiary/aromatic N) is 1. The van der Waals surface area contributed by atoms with E-state index in [1.165, 1.54) is 0 Å². The van der Waals surface area contributed by atoms with Crippen molar-refractivity contribution in [1.82, 2.24) is 4.90 Å². The summed E-state index contributed by atoms with van der Waals surface area (Å²) in [7, 11) is 0. The van der Waals surface area contributed by atoms with E-state index in [1.807, 2.05) is 20.8 Å². The minimum atomic E-state index is -0.862. The molecule has 0 aromatic heterocycles. The average Bonchev–Trinajstić information content (AvgIpc) is 2.14. The van der Waals surface area contributed by atoms with Crippen molar-refractivity contribution in [1.29, 1.82) is 0 Å². The van der Waals surface area contributed by atoms with E-state index < -0.39 is 11.2 Å². The minimum absolute atomic E-state index is 0.130. The Balaban J connectivity index is 1.96. The topological polar surface area (TPSA) is 49.8 Å². The summed E-state index contributed by atoms with van der Waals surface area (Å²) in [5.41, 5.74) is -1.33. The maximum Gasteiger partial charge on any atom is 0.309 e. The molecule has 0 saturated carbocycles. The van der Waals surface area contributed by atoms with E-state index in [0.717, 1.165) is 25.9 Å². The van der Waals surface area contributed by atoms with Crippen molar-refractivity contribution >= 4 is 5.97 Å². The second kappa shape index (κ2) is 4.25. The Kier molecular flexibility index (Phi) is 3.21. The van der Waals surface area contributed by atoms with Crippen molar-refractivity contribution in [2.45, 2.75) is 51.2 Å². The molecule has 4 heteroatoms. The van der Waals surface area contributed by atoms with E-state index in [1.54, 1.807) is 0 Å². The summed E-state index contributed by atoms with van der Waals surface area (Å²) in [5.74, 6) is -0.0197. The largest absolute Gasteiger partial charge is 0.460 e. The third kappa shape index (κ3) is 2.99. The molecule has 0 aliphatic carbocycles. The third-order valence-corrected chi connectivity index (χ3v) is 3.72. The number of hydrogen-bond acceptors (Lipinski definition) is 4. The predicted octanol–water partition coefficient (Wildman–Crippen LogP) is 1.17. The molecule has 1 atom stereocenters. The van der Waals surface area contributed by atoms with Gasteiger partial charge in [-0.05, 0) is 52.6 Å². The van der Waals surface area contributed by atoms with E-state index >= 15 is 0 Å². The number of piperidine rings is 3. The van der Waals surface area contributed by atoms with Crippen LogP contribution in [-0.2, 0) is 9.53 Å². The van der Waals surface area contributed by atoms with Crippen molar-refractivity contribution in [3.05, 3.63) is 0 Å². The summed E-state index contributed by atoms with van der Waals surface area (Å²) in [6.07, 6.45) is 2.13. The van der Waals surface area contributed by atoms with Crippen LogP contribution < -0.4 is 0 Å². The van der Waals surface area contributed by atoms with Gasteiger partial charge in [-0.15, -0.1) is 0 Å². The van der Waals surface area contributed by atoms with Gasteiger partial charge < -0.3 is 14.7 Å². The van der Waals surface area contributed by atoms with Crippen LogP contribution >= 0.6 is 0 Å². The first-order chi connectivity index (χ1) is 7.78. The quantitative estimate of drug-likeness (QED) is 0.737. The molecular formula is C13H23NO3. The summed E-state index contributed by atoms with van der Waals surface area (Å²) >= 11 is 0. The maximum atomic E-state index is 11.8. The van der Waals surface area contributed by atoms with Crippen molar-refractivity contribution in [3.63, 3.8) is 0 Å². The molecule has 0 spiro atoms. The maximum absolute atomic E-state index is 11.8. The van der Waals surface area contributed by atoms with E-state index in [9.17, 15) is 9.90 Å². The Morgan fingerprint density at radius 1 is 1.41 bits per heavy atom. The van der Waals surface area contributed by atoms with Crippen LogP contribution in [0.5, 0.6) is 0 Å². The van der Waals surface area contributed by atoms with Crippen LogP contribution in [0.15, 0.2) is 0 Å². The predicted molar refractivity (Wildman–Crippen MR) is 64.6 cm³/mol. The smallest absolute Gasteiger partial charge is 0.309 e. The molecule has 3 aliphatic rings. The van der Waals surface area contributed by atoms with Crippen molar-refractivity contribution in [3.8, 4) is 0 Å². The molecule has 3 rings (SSSR count). The van der Waals surface area contributed by atoms with Gasteiger partial charge in [0.1, 0.15) is 5.60 Å². The van der Waals surface area contributed by atoms with Gasteiger partial charge in [0, 0.05) is 6.54 Å². The normalized spacial score (nSPS) is 36.9. The molecule has 4 nitrogen and oxygen atoms in total. The van der Waals surface area contributed by atoms with Gasteiger partial charge in [0.2, 0.25) is 0 Å². The first kappa shape index (κ1) is 12.8. The molecule has 1 N–H and O–H groups in total. The fourth-order valence-electron chi connectivity index (χ4n) is 2.97. The average molecular weight is 241 g/mol. The Morgan fingerprint density at radius 2 is 2.00 bits per heavy atom. The lowest BCUT2D eigenvalue weighted by atomic mass is 9.73. The molecular weight excluding hydrogens is 218 g/mol. The SMILES string of the molecule is CC(C)(C)OC(=O)C[C@@]1(O)CN2CCC1CC2. The van der Waals surface area contributed by atoms with E-state index in [2.05, 4.69) is 4.90 Å². The molecule has 0 aromatic carbocycles. The highest BCUT2D eigenvalue weighted by molar-refractivity contribution is 5.71. The number of ether oxygens (including phenoxy) is 1. The molecule has 17 heavy (non-hydrogen) atoms. The number of hydrogen-bond donors (Lipinski definition) is 1. The molecule has 0 radical (unpaired) electrons. The minimum Gasteiger partial charge on any atom is -0.460 e. The van der Waals surface area contributed by atoms with E-state index in [4.69, 9.17) is 4.74 Å². The molecule has 0 aromatic rings. The van der Waals surface area contributed by atoms with Crippen LogP contribution in [0.4, 0.5) is 0 Å². The summed E-state index contributed by atoms with van der Waals surface area (Å²) in [5, 5.41) is 10.6. The van der Waals surface area contributed by atoms with Crippen molar-refractivity contribution < 1.29 is 14.6 Å². The highest BCUT2D eigenvalue weighted by Crippen LogP contribution is 2.38. The van der Waals surface area contributed by atoms with Gasteiger partial charge in [-0.2, -0.15) is 0 Å². The van der Waals surface area contributed by atoms with Crippen molar-refractivity contribution in [2.24, 2.45) is 5.92 Å². The molecule has 3 fully saturated rings. The number of esters is 1. The van der Waals surface area contributed by atoms with Gasteiger partial charge in [0.05, 0.1) is 12.0 Å². The van der Waals surface area contributed by atoms with Crippen LogP contribution in [0, 0.1) is 5.92 Å². The number of carbonyl (C=O) groups excluding carboxylic acids is 1.